The molecule has 0 radical (unpaired) electrons. The van der Waals surface area contributed by atoms with Gasteiger partial charge in [-0.3, -0.25) is 9.59 Å². The third kappa shape index (κ3) is 6.32. The number of amides is 2. The van der Waals surface area contributed by atoms with Crippen LogP contribution in [-0.2, 0) is 11.8 Å². The summed E-state index contributed by atoms with van der Waals surface area (Å²) in [4.78, 5) is 30.9. The smallest absolute Gasteiger partial charge is 0.265 e. The number of hydrogen-bond donors (Lipinski definition) is 1. The van der Waals surface area contributed by atoms with E-state index in [-0.39, 0.29) is 17.6 Å². The first-order chi connectivity index (χ1) is 15.7. The molecular formula is C22H28N6O3S2. The van der Waals surface area contributed by atoms with E-state index in [1.54, 1.807) is 21.0 Å². The minimum absolute atomic E-state index is 0.133. The van der Waals surface area contributed by atoms with Gasteiger partial charge in [-0.25, -0.2) is 4.98 Å². The summed E-state index contributed by atoms with van der Waals surface area (Å²) >= 11 is 2.45. The molecule has 0 spiro atoms. The van der Waals surface area contributed by atoms with Crippen LogP contribution in [0.1, 0.15) is 29.2 Å². The van der Waals surface area contributed by atoms with Gasteiger partial charge in [0.25, 0.3) is 5.91 Å². The molecule has 0 atom stereocenters. The largest absolute Gasteiger partial charge is 0.493 e. The molecule has 0 aliphatic carbocycles. The molecule has 0 aliphatic heterocycles. The van der Waals surface area contributed by atoms with Crippen LogP contribution in [0.5, 0.6) is 5.75 Å². The van der Waals surface area contributed by atoms with Crippen molar-refractivity contribution in [2.45, 2.75) is 25.9 Å². The third-order valence-electron chi connectivity index (χ3n) is 4.51. The van der Waals surface area contributed by atoms with Gasteiger partial charge in [0, 0.05) is 26.7 Å². The number of aryl methyl sites for hydroxylation is 1. The summed E-state index contributed by atoms with van der Waals surface area (Å²) in [6, 6.07) is 7.71. The zero-order chi connectivity index (χ0) is 24.1. The number of thioether (sulfide) groups is 1. The molecule has 1 N–H and O–H groups in total. The van der Waals surface area contributed by atoms with Crippen molar-refractivity contribution < 1.29 is 14.3 Å². The van der Waals surface area contributed by atoms with Crippen LogP contribution in [0.15, 0.2) is 29.4 Å². The second kappa shape index (κ2) is 10.8. The van der Waals surface area contributed by atoms with Crippen molar-refractivity contribution >= 4 is 40.0 Å². The molecule has 0 bridgehead atoms. The average molecular weight is 489 g/mol. The van der Waals surface area contributed by atoms with E-state index in [2.05, 4.69) is 34.3 Å². The van der Waals surface area contributed by atoms with Gasteiger partial charge in [0.05, 0.1) is 18.1 Å². The number of aromatic nitrogens is 4. The lowest BCUT2D eigenvalue weighted by Gasteiger charge is -2.09. The number of nitrogens with one attached hydrogen (secondary N) is 1. The Morgan fingerprint density at radius 2 is 1.91 bits per heavy atom. The van der Waals surface area contributed by atoms with Gasteiger partial charge >= 0.3 is 0 Å². The maximum absolute atomic E-state index is 12.4. The van der Waals surface area contributed by atoms with E-state index >= 15 is 0 Å². The topological polar surface area (TPSA) is 102 Å². The highest BCUT2D eigenvalue weighted by Gasteiger charge is 2.19. The Bertz CT molecular complexity index is 1120. The van der Waals surface area contributed by atoms with Crippen molar-refractivity contribution in [3.63, 3.8) is 0 Å². The summed E-state index contributed by atoms with van der Waals surface area (Å²) in [5, 5.41) is 12.3. The molecule has 2 heterocycles. The van der Waals surface area contributed by atoms with Crippen molar-refractivity contribution in [1.29, 1.82) is 0 Å². The molecule has 0 unspecified atom stereocenters. The minimum atomic E-state index is -0.228. The van der Waals surface area contributed by atoms with Crippen LogP contribution in [-0.4, -0.2) is 62.9 Å². The second-order valence-corrected chi connectivity index (χ2v) is 10.0. The molecular weight excluding hydrogens is 460 g/mol. The molecule has 176 valence electrons. The van der Waals surface area contributed by atoms with Gasteiger partial charge in [-0.15, -0.1) is 10.2 Å². The summed E-state index contributed by atoms with van der Waals surface area (Å²) in [5.41, 5.74) is 1.51. The molecule has 2 amide bonds. The van der Waals surface area contributed by atoms with E-state index in [4.69, 9.17) is 4.74 Å². The Kier molecular flexibility index (Phi) is 8.09. The zero-order valence-corrected chi connectivity index (χ0v) is 21.2. The van der Waals surface area contributed by atoms with Gasteiger partial charge in [-0.1, -0.05) is 36.9 Å². The van der Waals surface area contributed by atoms with Crippen LogP contribution in [0.3, 0.4) is 0 Å². The average Bonchev–Trinajstić information content (AvgIpc) is 3.32. The number of nitrogens with zero attached hydrogens (tertiary/aromatic N) is 5. The summed E-state index contributed by atoms with van der Waals surface area (Å²) in [6.45, 7) is 6.63. The van der Waals surface area contributed by atoms with Crippen molar-refractivity contribution in [1.82, 2.24) is 24.6 Å². The van der Waals surface area contributed by atoms with Crippen LogP contribution >= 0.6 is 23.1 Å². The first kappa shape index (κ1) is 24.7. The summed E-state index contributed by atoms with van der Waals surface area (Å²) < 4.78 is 7.57. The predicted octanol–water partition coefficient (Wildman–Crippen LogP) is 3.71. The number of carbonyl (C=O) groups is 2. The summed E-state index contributed by atoms with van der Waals surface area (Å²) in [5.74, 6) is 1.76. The van der Waals surface area contributed by atoms with Crippen molar-refractivity contribution in [3.05, 3.63) is 34.8 Å². The Morgan fingerprint density at radius 1 is 1.21 bits per heavy atom. The molecule has 9 nitrogen and oxygen atoms in total. The molecule has 2 aromatic heterocycles. The molecule has 0 saturated heterocycles. The first-order valence-corrected chi connectivity index (χ1v) is 12.2. The van der Waals surface area contributed by atoms with Gasteiger partial charge in [-0.05, 0) is 37.1 Å². The number of thiazole rings is 1. The third-order valence-corrected chi connectivity index (χ3v) is 6.59. The number of carbonyl (C=O) groups excluding carboxylic acids is 2. The van der Waals surface area contributed by atoms with Gasteiger partial charge in [0.15, 0.2) is 16.1 Å². The number of ether oxygens (including phenoxy) is 1. The summed E-state index contributed by atoms with van der Waals surface area (Å²) in [7, 11) is 5.23. The zero-order valence-electron chi connectivity index (χ0n) is 19.6. The van der Waals surface area contributed by atoms with Gasteiger partial charge < -0.3 is 19.5 Å². The fourth-order valence-corrected chi connectivity index (χ4v) is 4.51. The van der Waals surface area contributed by atoms with E-state index in [9.17, 15) is 9.59 Å². The molecule has 1 aromatic carbocycles. The van der Waals surface area contributed by atoms with Crippen LogP contribution in [0, 0.1) is 12.8 Å². The minimum Gasteiger partial charge on any atom is -0.493 e. The molecule has 3 rings (SSSR count). The lowest BCUT2D eigenvalue weighted by Crippen LogP contribution is -2.21. The molecule has 11 heteroatoms. The Labute approximate surface area is 201 Å². The second-order valence-electron chi connectivity index (χ2n) is 8.06. The van der Waals surface area contributed by atoms with Crippen LogP contribution < -0.4 is 10.1 Å². The van der Waals surface area contributed by atoms with E-state index < -0.39 is 0 Å². The molecule has 0 fully saturated rings. The molecule has 0 aliphatic rings. The first-order valence-electron chi connectivity index (χ1n) is 10.4. The van der Waals surface area contributed by atoms with E-state index in [0.29, 0.717) is 39.2 Å². The maximum Gasteiger partial charge on any atom is 0.265 e. The predicted molar refractivity (Wildman–Crippen MR) is 131 cm³/mol. The SMILES string of the molecule is Cc1nc(NC(=O)CSc2nnc(-c3ccc(OCC(C)C)cc3)n2C)sc1C(=O)N(C)C. The van der Waals surface area contributed by atoms with Crippen LogP contribution in [0.25, 0.3) is 11.4 Å². The van der Waals surface area contributed by atoms with Gasteiger partial charge in [0.1, 0.15) is 10.6 Å². The monoisotopic (exact) mass is 488 g/mol. The summed E-state index contributed by atoms with van der Waals surface area (Å²) in [6.07, 6.45) is 0. The van der Waals surface area contributed by atoms with Gasteiger partial charge in [-0.2, -0.15) is 0 Å². The van der Waals surface area contributed by atoms with Crippen LogP contribution in [0.4, 0.5) is 5.13 Å². The number of benzene rings is 1. The number of anilines is 1. The highest BCUT2D eigenvalue weighted by atomic mass is 32.2. The van der Waals surface area contributed by atoms with E-state index in [0.717, 1.165) is 11.3 Å². The Morgan fingerprint density at radius 3 is 2.55 bits per heavy atom. The fraction of sp³-hybridized carbons (Fsp3) is 0.409. The number of rotatable bonds is 9. The molecule has 0 saturated carbocycles. The van der Waals surface area contributed by atoms with Crippen molar-refractivity contribution in [3.8, 4) is 17.1 Å². The quantitative estimate of drug-likeness (QED) is 0.458. The Hall–Kier alpha value is -2.92. The maximum atomic E-state index is 12.4. The highest BCUT2D eigenvalue weighted by Crippen LogP contribution is 2.26. The Balaban J connectivity index is 1.59. The van der Waals surface area contributed by atoms with Gasteiger partial charge in [0.2, 0.25) is 5.91 Å². The molecule has 3 aromatic rings. The molecule has 33 heavy (non-hydrogen) atoms. The lowest BCUT2D eigenvalue weighted by atomic mass is 10.2. The van der Waals surface area contributed by atoms with E-state index in [1.807, 2.05) is 35.9 Å². The van der Waals surface area contributed by atoms with Crippen LogP contribution in [0.2, 0.25) is 0 Å². The standard InChI is InChI=1S/C22H28N6O3S2/c1-13(2)11-31-16-9-7-15(8-10-16)19-25-26-22(28(19)6)32-12-17(29)24-21-23-14(3)18(33-21)20(30)27(4)5/h7-10,13H,11-12H2,1-6H3,(H,23,24,29). The van der Waals surface area contributed by atoms with Crippen molar-refractivity contribution in [2.24, 2.45) is 13.0 Å². The fourth-order valence-electron chi connectivity index (χ4n) is 2.79. The van der Waals surface area contributed by atoms with E-state index in [1.165, 1.54) is 28.0 Å². The lowest BCUT2D eigenvalue weighted by molar-refractivity contribution is -0.113. The highest BCUT2D eigenvalue weighted by molar-refractivity contribution is 7.99. The normalized spacial score (nSPS) is 11.0. The van der Waals surface area contributed by atoms with Crippen molar-refractivity contribution in [2.75, 3.05) is 31.8 Å². The number of hydrogen-bond acceptors (Lipinski definition) is 8.